The average molecular weight is 344 g/mol. The first kappa shape index (κ1) is 17.4. The number of nitrogens with one attached hydrogen (secondary N) is 1. The van der Waals surface area contributed by atoms with E-state index in [0.29, 0.717) is 44.8 Å². The van der Waals surface area contributed by atoms with Gasteiger partial charge in [-0.25, -0.2) is 4.98 Å². The summed E-state index contributed by atoms with van der Waals surface area (Å²) in [4.78, 5) is 30.9. The number of fused-ring (bicyclic) bond motifs is 1. The van der Waals surface area contributed by atoms with Crippen LogP contribution in [0.4, 0.5) is 0 Å². The highest BCUT2D eigenvalue weighted by molar-refractivity contribution is 5.93. The molecule has 2 aromatic rings. The van der Waals surface area contributed by atoms with E-state index in [4.69, 9.17) is 4.74 Å². The van der Waals surface area contributed by atoms with Gasteiger partial charge in [0.05, 0.1) is 0 Å². The minimum Gasteiger partial charge on any atom is -0.385 e. The molecule has 3 rings (SSSR count). The summed E-state index contributed by atoms with van der Waals surface area (Å²) in [5.41, 5.74) is 1.21. The van der Waals surface area contributed by atoms with Crippen LogP contribution in [0.1, 0.15) is 29.8 Å². The zero-order valence-electron chi connectivity index (χ0n) is 14.5. The minimum atomic E-state index is -0.0670. The molecule has 1 saturated heterocycles. The first-order chi connectivity index (χ1) is 12.2. The Morgan fingerprint density at radius 1 is 1.32 bits per heavy atom. The number of amides is 2. The quantitative estimate of drug-likeness (QED) is 0.803. The molecule has 0 aliphatic carbocycles. The van der Waals surface area contributed by atoms with Crippen molar-refractivity contribution in [2.45, 2.75) is 19.3 Å². The van der Waals surface area contributed by atoms with Crippen LogP contribution < -0.4 is 5.32 Å². The maximum Gasteiger partial charge on any atom is 0.274 e. The number of carbonyl (C=O) groups excluding carboxylic acids is 2. The summed E-state index contributed by atoms with van der Waals surface area (Å²) in [7, 11) is 1.65. The Morgan fingerprint density at radius 3 is 2.84 bits per heavy atom. The van der Waals surface area contributed by atoms with Gasteiger partial charge < -0.3 is 19.4 Å². The summed E-state index contributed by atoms with van der Waals surface area (Å²) < 4.78 is 6.81. The van der Waals surface area contributed by atoms with Crippen LogP contribution in [0.5, 0.6) is 0 Å². The smallest absolute Gasteiger partial charge is 0.274 e. The second-order valence-electron chi connectivity index (χ2n) is 6.30. The summed E-state index contributed by atoms with van der Waals surface area (Å²) in [6.07, 6.45) is 5.82. The number of ether oxygens (including phenoxy) is 1. The minimum absolute atomic E-state index is 0.0207. The second kappa shape index (κ2) is 8.11. The zero-order chi connectivity index (χ0) is 17.6. The van der Waals surface area contributed by atoms with Gasteiger partial charge in [-0.3, -0.25) is 9.59 Å². The molecule has 2 amide bonds. The Labute approximate surface area is 147 Å². The predicted molar refractivity (Wildman–Crippen MR) is 93.3 cm³/mol. The highest BCUT2D eigenvalue weighted by Crippen LogP contribution is 2.19. The Hall–Kier alpha value is -2.41. The molecule has 1 aliphatic rings. The third kappa shape index (κ3) is 4.17. The van der Waals surface area contributed by atoms with Crippen LogP contribution in [0.2, 0.25) is 0 Å². The Bertz CT molecular complexity index is 702. The van der Waals surface area contributed by atoms with Gasteiger partial charge in [0.1, 0.15) is 11.3 Å². The standard InChI is InChI=1S/C18H24N4O3/c1-25-12-4-8-19-17(23)14-6-10-21(11-7-14)18(24)15-13-22-9-3-2-5-16(22)20-15/h2-3,5,9,13-14H,4,6-8,10-12H2,1H3,(H,19,23). The molecular formula is C18H24N4O3. The number of hydrogen-bond acceptors (Lipinski definition) is 4. The van der Waals surface area contributed by atoms with Gasteiger partial charge in [0, 0.05) is 51.7 Å². The molecule has 3 heterocycles. The van der Waals surface area contributed by atoms with E-state index in [1.54, 1.807) is 18.2 Å². The summed E-state index contributed by atoms with van der Waals surface area (Å²) >= 11 is 0. The lowest BCUT2D eigenvalue weighted by Gasteiger charge is -2.30. The van der Waals surface area contributed by atoms with E-state index in [1.165, 1.54) is 0 Å². The van der Waals surface area contributed by atoms with Crippen molar-refractivity contribution in [3.8, 4) is 0 Å². The molecule has 0 bridgehead atoms. The van der Waals surface area contributed by atoms with Crippen molar-refractivity contribution in [3.63, 3.8) is 0 Å². The fourth-order valence-corrected chi connectivity index (χ4v) is 3.12. The average Bonchev–Trinajstić information content (AvgIpc) is 3.09. The lowest BCUT2D eigenvalue weighted by Crippen LogP contribution is -2.43. The van der Waals surface area contributed by atoms with Gasteiger partial charge in [-0.1, -0.05) is 6.07 Å². The Morgan fingerprint density at radius 2 is 2.12 bits per heavy atom. The molecule has 0 unspecified atom stereocenters. The van der Waals surface area contributed by atoms with E-state index in [2.05, 4.69) is 10.3 Å². The van der Waals surface area contributed by atoms with E-state index >= 15 is 0 Å². The second-order valence-corrected chi connectivity index (χ2v) is 6.30. The van der Waals surface area contributed by atoms with Crippen molar-refractivity contribution in [3.05, 3.63) is 36.3 Å². The van der Waals surface area contributed by atoms with Crippen LogP contribution >= 0.6 is 0 Å². The van der Waals surface area contributed by atoms with Crippen LogP contribution in [-0.4, -0.2) is 59.4 Å². The molecule has 1 N–H and O–H groups in total. The highest BCUT2D eigenvalue weighted by atomic mass is 16.5. The number of nitrogens with zero attached hydrogens (tertiary/aromatic N) is 3. The molecule has 0 saturated carbocycles. The number of piperidine rings is 1. The van der Waals surface area contributed by atoms with Gasteiger partial charge >= 0.3 is 0 Å². The molecule has 0 atom stereocenters. The van der Waals surface area contributed by atoms with Gasteiger partial charge in [0.25, 0.3) is 5.91 Å². The number of carbonyl (C=O) groups is 2. The number of rotatable bonds is 6. The van der Waals surface area contributed by atoms with Gasteiger partial charge in [0.15, 0.2) is 0 Å². The molecule has 7 nitrogen and oxygen atoms in total. The molecular weight excluding hydrogens is 320 g/mol. The Kier molecular flexibility index (Phi) is 5.65. The van der Waals surface area contributed by atoms with E-state index < -0.39 is 0 Å². The van der Waals surface area contributed by atoms with Gasteiger partial charge in [0.2, 0.25) is 5.91 Å². The number of likely N-dealkylation sites (tertiary alicyclic amines) is 1. The molecule has 1 fully saturated rings. The van der Waals surface area contributed by atoms with Crippen LogP contribution in [-0.2, 0) is 9.53 Å². The van der Waals surface area contributed by atoms with Gasteiger partial charge in [-0.05, 0) is 31.4 Å². The fourth-order valence-electron chi connectivity index (χ4n) is 3.12. The molecule has 1 aliphatic heterocycles. The van der Waals surface area contributed by atoms with E-state index in [-0.39, 0.29) is 17.7 Å². The van der Waals surface area contributed by atoms with Crippen LogP contribution in [0, 0.1) is 5.92 Å². The number of pyridine rings is 1. The molecule has 25 heavy (non-hydrogen) atoms. The topological polar surface area (TPSA) is 75.9 Å². The maximum atomic E-state index is 12.6. The largest absolute Gasteiger partial charge is 0.385 e. The van der Waals surface area contributed by atoms with Crippen LogP contribution in [0.3, 0.4) is 0 Å². The first-order valence-electron chi connectivity index (χ1n) is 8.68. The van der Waals surface area contributed by atoms with Gasteiger partial charge in [-0.15, -0.1) is 0 Å². The number of aromatic nitrogens is 2. The monoisotopic (exact) mass is 344 g/mol. The zero-order valence-corrected chi connectivity index (χ0v) is 14.5. The SMILES string of the molecule is COCCCNC(=O)C1CCN(C(=O)c2cn3ccccc3n2)CC1. The fraction of sp³-hybridized carbons (Fsp3) is 0.500. The van der Waals surface area contributed by atoms with Crippen LogP contribution in [0.25, 0.3) is 5.65 Å². The number of methoxy groups -OCH3 is 1. The molecule has 134 valence electrons. The number of hydrogen-bond donors (Lipinski definition) is 1. The molecule has 2 aromatic heterocycles. The molecule has 0 spiro atoms. The third-order valence-corrected chi connectivity index (χ3v) is 4.56. The van der Waals surface area contributed by atoms with Crippen molar-refractivity contribution in [1.29, 1.82) is 0 Å². The van der Waals surface area contributed by atoms with Crippen molar-refractivity contribution < 1.29 is 14.3 Å². The molecule has 7 heteroatoms. The third-order valence-electron chi connectivity index (χ3n) is 4.56. The summed E-state index contributed by atoms with van der Waals surface area (Å²) in [5, 5.41) is 2.94. The normalized spacial score (nSPS) is 15.5. The maximum absolute atomic E-state index is 12.6. The summed E-state index contributed by atoms with van der Waals surface area (Å²) in [6.45, 7) is 2.45. The lowest BCUT2D eigenvalue weighted by atomic mass is 9.95. The number of imidazole rings is 1. The first-order valence-corrected chi connectivity index (χ1v) is 8.68. The summed E-state index contributed by atoms with van der Waals surface area (Å²) in [6, 6.07) is 5.67. The Balaban J connectivity index is 1.51. The van der Waals surface area contributed by atoms with Crippen molar-refractivity contribution in [2.75, 3.05) is 33.4 Å². The summed E-state index contributed by atoms with van der Waals surface area (Å²) in [5.74, 6) is -0.00810. The van der Waals surface area contributed by atoms with Crippen LogP contribution in [0.15, 0.2) is 30.6 Å². The lowest BCUT2D eigenvalue weighted by molar-refractivity contribution is -0.126. The van der Waals surface area contributed by atoms with Crippen molar-refractivity contribution in [1.82, 2.24) is 19.6 Å². The van der Waals surface area contributed by atoms with Crippen molar-refractivity contribution >= 4 is 17.5 Å². The van der Waals surface area contributed by atoms with Gasteiger partial charge in [-0.2, -0.15) is 0 Å². The highest BCUT2D eigenvalue weighted by Gasteiger charge is 2.28. The predicted octanol–water partition coefficient (Wildman–Crippen LogP) is 1.34. The van der Waals surface area contributed by atoms with E-state index in [0.717, 1.165) is 12.1 Å². The van der Waals surface area contributed by atoms with E-state index in [1.807, 2.05) is 28.8 Å². The van der Waals surface area contributed by atoms with E-state index in [9.17, 15) is 9.59 Å². The molecule has 0 aromatic carbocycles. The van der Waals surface area contributed by atoms with Crippen molar-refractivity contribution in [2.24, 2.45) is 5.92 Å². The molecule has 0 radical (unpaired) electrons.